The van der Waals surface area contributed by atoms with Crippen molar-refractivity contribution in [2.45, 2.75) is 45.8 Å². The molecule has 0 spiro atoms. The third-order valence-corrected chi connectivity index (χ3v) is 4.63. The number of amides is 1. The number of carbonyl (C=O) groups excluding carboxylic acids is 1. The van der Waals surface area contributed by atoms with Crippen LogP contribution in [0, 0.1) is 5.92 Å². The number of hydrogen-bond acceptors (Lipinski definition) is 2. The molecule has 9 heteroatoms. The second-order valence-electron chi connectivity index (χ2n) is 7.27. The second-order valence-corrected chi connectivity index (χ2v) is 7.27. The fraction of sp³-hybridized carbons (Fsp3) is 0.600. The average Bonchev–Trinajstić information content (AvgIpc) is 3.09. The fourth-order valence-electron chi connectivity index (χ4n) is 3.11. The predicted molar refractivity (Wildman–Crippen MR) is 120 cm³/mol. The van der Waals surface area contributed by atoms with Crippen molar-refractivity contribution in [3.8, 4) is 0 Å². The molecule has 0 radical (unpaired) electrons. The van der Waals surface area contributed by atoms with E-state index in [0.29, 0.717) is 32.0 Å². The lowest BCUT2D eigenvalue weighted by Crippen LogP contribution is -2.45. The van der Waals surface area contributed by atoms with Gasteiger partial charge in [-0.05, 0) is 37.5 Å². The van der Waals surface area contributed by atoms with Crippen molar-refractivity contribution in [3.63, 3.8) is 0 Å². The number of carbonyl (C=O) groups is 1. The molecule has 0 saturated carbocycles. The molecule has 1 unspecified atom stereocenters. The Kier molecular flexibility index (Phi) is 10.2. The summed E-state index contributed by atoms with van der Waals surface area (Å²) < 4.78 is 37.8. The van der Waals surface area contributed by atoms with Crippen LogP contribution >= 0.6 is 24.0 Å². The van der Waals surface area contributed by atoms with Gasteiger partial charge in [0.15, 0.2) is 5.96 Å². The highest BCUT2D eigenvalue weighted by molar-refractivity contribution is 14.0. The van der Waals surface area contributed by atoms with Crippen molar-refractivity contribution in [2.24, 2.45) is 10.9 Å². The van der Waals surface area contributed by atoms with Crippen molar-refractivity contribution in [1.82, 2.24) is 15.5 Å². The van der Waals surface area contributed by atoms with Crippen LogP contribution in [0.2, 0.25) is 0 Å². The van der Waals surface area contributed by atoms with E-state index >= 15 is 0 Å². The molecule has 1 saturated heterocycles. The zero-order chi connectivity index (χ0) is 20.7. The molecular weight excluding hydrogens is 496 g/mol. The Hall–Kier alpha value is -1.52. The van der Waals surface area contributed by atoms with Crippen LogP contribution in [0.5, 0.6) is 0 Å². The summed E-state index contributed by atoms with van der Waals surface area (Å²) in [6.07, 6.45) is -2.90. The van der Waals surface area contributed by atoms with E-state index in [0.717, 1.165) is 30.7 Å². The first-order valence-corrected chi connectivity index (χ1v) is 9.70. The molecule has 1 fully saturated rings. The zero-order valence-electron chi connectivity index (χ0n) is 17.1. The number of alkyl halides is 3. The highest BCUT2D eigenvalue weighted by atomic mass is 127. The van der Waals surface area contributed by atoms with Gasteiger partial charge in [0.1, 0.15) is 0 Å². The van der Waals surface area contributed by atoms with E-state index in [2.05, 4.69) is 15.6 Å². The summed E-state index contributed by atoms with van der Waals surface area (Å²) in [5.41, 5.74) is 0.165. The van der Waals surface area contributed by atoms with Crippen molar-refractivity contribution in [2.75, 3.05) is 26.2 Å². The van der Waals surface area contributed by atoms with Gasteiger partial charge in [-0.15, -0.1) is 24.0 Å². The number of nitrogens with one attached hydrogen (secondary N) is 2. The molecule has 1 aliphatic heterocycles. The minimum Gasteiger partial charge on any atom is -0.357 e. The first-order chi connectivity index (χ1) is 13.2. The molecule has 5 nitrogen and oxygen atoms in total. The maximum absolute atomic E-state index is 12.6. The summed E-state index contributed by atoms with van der Waals surface area (Å²) in [4.78, 5) is 18.5. The molecule has 164 valence electrons. The Morgan fingerprint density at radius 1 is 1.28 bits per heavy atom. The predicted octanol–water partition coefficient (Wildman–Crippen LogP) is 3.68. The molecule has 2 rings (SSSR count). The highest BCUT2D eigenvalue weighted by Gasteiger charge is 2.30. The summed E-state index contributed by atoms with van der Waals surface area (Å²) in [7, 11) is 0. The van der Waals surface area contributed by atoms with E-state index in [1.807, 2.05) is 25.7 Å². The number of guanidine groups is 1. The second kappa shape index (κ2) is 11.6. The minimum absolute atomic E-state index is 0. The highest BCUT2D eigenvalue weighted by Crippen LogP contribution is 2.29. The normalized spacial score (nSPS) is 17.3. The van der Waals surface area contributed by atoms with Crippen molar-refractivity contribution < 1.29 is 18.0 Å². The molecule has 1 amide bonds. The lowest BCUT2D eigenvalue weighted by Gasteiger charge is -2.20. The van der Waals surface area contributed by atoms with Crippen LogP contribution in [0.15, 0.2) is 29.3 Å². The van der Waals surface area contributed by atoms with Crippen LogP contribution < -0.4 is 10.6 Å². The van der Waals surface area contributed by atoms with Gasteiger partial charge >= 0.3 is 6.18 Å². The van der Waals surface area contributed by atoms with Crippen LogP contribution in [-0.4, -0.2) is 49.0 Å². The number of benzene rings is 1. The molecule has 1 aromatic carbocycles. The Balaban J connectivity index is 0.00000420. The van der Waals surface area contributed by atoms with Gasteiger partial charge < -0.3 is 15.5 Å². The van der Waals surface area contributed by atoms with Crippen molar-refractivity contribution in [3.05, 3.63) is 35.4 Å². The third-order valence-electron chi connectivity index (χ3n) is 4.63. The lowest BCUT2D eigenvalue weighted by atomic mass is 10.1. The Morgan fingerprint density at radius 3 is 2.48 bits per heavy atom. The lowest BCUT2D eigenvalue weighted by molar-refractivity contribution is -0.137. The van der Waals surface area contributed by atoms with E-state index in [1.54, 1.807) is 0 Å². The maximum Gasteiger partial charge on any atom is 0.416 e. The number of halogens is 4. The van der Waals surface area contributed by atoms with E-state index in [4.69, 9.17) is 0 Å². The van der Waals surface area contributed by atoms with Gasteiger partial charge in [-0.25, -0.2) is 0 Å². The molecular formula is C20H30F3IN4O. The van der Waals surface area contributed by atoms with E-state index in [1.165, 1.54) is 12.1 Å². The minimum atomic E-state index is -4.31. The van der Waals surface area contributed by atoms with Gasteiger partial charge in [-0.2, -0.15) is 13.2 Å². The number of aliphatic imine (C=N–C) groups is 1. The van der Waals surface area contributed by atoms with E-state index in [9.17, 15) is 18.0 Å². The van der Waals surface area contributed by atoms with Gasteiger partial charge in [-0.1, -0.05) is 26.0 Å². The monoisotopic (exact) mass is 526 g/mol. The molecule has 1 aliphatic rings. The zero-order valence-corrected chi connectivity index (χ0v) is 19.4. The SMILES string of the molecule is CCNC(=NCCc1ccc(C(F)(F)F)cc1)NC1CCN(C(=O)C(C)C)C1.I. The summed E-state index contributed by atoms with van der Waals surface area (Å²) in [6, 6.07) is 5.32. The average molecular weight is 526 g/mol. The topological polar surface area (TPSA) is 56.7 Å². The fourth-order valence-corrected chi connectivity index (χ4v) is 3.11. The largest absolute Gasteiger partial charge is 0.416 e. The van der Waals surface area contributed by atoms with Crippen LogP contribution in [0.25, 0.3) is 0 Å². The third kappa shape index (κ3) is 8.02. The van der Waals surface area contributed by atoms with Crippen LogP contribution in [0.3, 0.4) is 0 Å². The Labute approximate surface area is 187 Å². The summed E-state index contributed by atoms with van der Waals surface area (Å²) in [5, 5.41) is 6.53. The van der Waals surface area contributed by atoms with Gasteiger partial charge in [0.2, 0.25) is 5.91 Å². The molecule has 1 heterocycles. The van der Waals surface area contributed by atoms with Gasteiger partial charge in [-0.3, -0.25) is 9.79 Å². The molecule has 2 N–H and O–H groups in total. The van der Waals surface area contributed by atoms with Gasteiger partial charge in [0.05, 0.1) is 5.56 Å². The molecule has 0 aromatic heterocycles. The molecule has 1 aromatic rings. The number of hydrogen-bond donors (Lipinski definition) is 2. The van der Waals surface area contributed by atoms with Crippen LogP contribution in [0.4, 0.5) is 13.2 Å². The first-order valence-electron chi connectivity index (χ1n) is 9.70. The molecule has 0 bridgehead atoms. The maximum atomic E-state index is 12.6. The molecule has 1 atom stereocenters. The quantitative estimate of drug-likeness (QED) is 0.338. The van der Waals surface area contributed by atoms with E-state index in [-0.39, 0.29) is 41.8 Å². The summed E-state index contributed by atoms with van der Waals surface area (Å²) in [6.45, 7) is 8.32. The van der Waals surface area contributed by atoms with Crippen molar-refractivity contribution in [1.29, 1.82) is 0 Å². The first kappa shape index (κ1) is 25.5. The van der Waals surface area contributed by atoms with Crippen LogP contribution in [0.1, 0.15) is 38.3 Å². The number of nitrogens with zero attached hydrogens (tertiary/aromatic N) is 2. The number of rotatable bonds is 6. The summed E-state index contributed by atoms with van der Waals surface area (Å²) >= 11 is 0. The number of likely N-dealkylation sites (tertiary alicyclic amines) is 1. The Morgan fingerprint density at radius 2 is 1.93 bits per heavy atom. The molecule has 29 heavy (non-hydrogen) atoms. The standard InChI is InChI=1S/C20H29F3N4O.HI/c1-4-24-19(26-17-10-12-27(13-17)18(28)14(2)3)25-11-9-15-5-7-16(8-6-15)20(21,22)23;/h5-8,14,17H,4,9-13H2,1-3H3,(H2,24,25,26);1H. The molecule has 0 aliphatic carbocycles. The van der Waals surface area contributed by atoms with Gasteiger partial charge in [0, 0.05) is 38.1 Å². The summed E-state index contributed by atoms with van der Waals surface area (Å²) in [5.74, 6) is 0.816. The Bertz CT molecular complexity index is 677. The van der Waals surface area contributed by atoms with E-state index < -0.39 is 11.7 Å². The smallest absolute Gasteiger partial charge is 0.357 e. The van der Waals surface area contributed by atoms with Crippen LogP contribution in [-0.2, 0) is 17.4 Å². The van der Waals surface area contributed by atoms with Crippen molar-refractivity contribution >= 4 is 35.8 Å². The van der Waals surface area contributed by atoms with Gasteiger partial charge in [0.25, 0.3) is 0 Å².